The SMILES string of the molecule is CC(C)(C)CCOc1ncnc(NN)c1Br. The van der Waals surface area contributed by atoms with Gasteiger partial charge in [-0.25, -0.2) is 15.8 Å². The minimum atomic E-state index is 0.244. The van der Waals surface area contributed by atoms with Crippen LogP contribution in [0.3, 0.4) is 0 Å². The maximum atomic E-state index is 5.56. The molecule has 0 saturated heterocycles. The van der Waals surface area contributed by atoms with E-state index >= 15 is 0 Å². The summed E-state index contributed by atoms with van der Waals surface area (Å²) < 4.78 is 6.21. The molecule has 0 aliphatic rings. The molecule has 16 heavy (non-hydrogen) atoms. The van der Waals surface area contributed by atoms with Gasteiger partial charge < -0.3 is 10.2 Å². The molecular weight excluding hydrogens is 272 g/mol. The van der Waals surface area contributed by atoms with Crippen molar-refractivity contribution in [2.24, 2.45) is 11.3 Å². The first-order valence-electron chi connectivity index (χ1n) is 5.04. The van der Waals surface area contributed by atoms with Crippen molar-refractivity contribution >= 4 is 21.7 Å². The van der Waals surface area contributed by atoms with Crippen LogP contribution in [0.15, 0.2) is 10.8 Å². The third-order valence-corrected chi connectivity index (χ3v) is 2.70. The normalized spacial score (nSPS) is 11.3. The van der Waals surface area contributed by atoms with Crippen LogP contribution >= 0.6 is 15.9 Å². The molecule has 0 spiro atoms. The van der Waals surface area contributed by atoms with Gasteiger partial charge >= 0.3 is 0 Å². The number of anilines is 1. The first-order chi connectivity index (χ1) is 7.44. The highest BCUT2D eigenvalue weighted by molar-refractivity contribution is 9.10. The van der Waals surface area contributed by atoms with Gasteiger partial charge in [-0.05, 0) is 27.8 Å². The van der Waals surface area contributed by atoms with Crippen LogP contribution in [0.1, 0.15) is 27.2 Å². The maximum absolute atomic E-state index is 5.56. The Morgan fingerprint density at radius 2 is 2.12 bits per heavy atom. The van der Waals surface area contributed by atoms with Crippen molar-refractivity contribution in [1.29, 1.82) is 0 Å². The molecule has 0 saturated carbocycles. The standard InChI is InChI=1S/C10H17BrN4O/c1-10(2,3)4-5-16-9-7(11)8(15-12)13-6-14-9/h6H,4-5,12H2,1-3H3,(H,13,14,15). The van der Waals surface area contributed by atoms with Gasteiger partial charge in [-0.15, -0.1) is 0 Å². The van der Waals surface area contributed by atoms with Crippen molar-refractivity contribution in [3.8, 4) is 5.88 Å². The lowest BCUT2D eigenvalue weighted by Crippen LogP contribution is -2.13. The average Bonchev–Trinajstić information content (AvgIpc) is 2.19. The van der Waals surface area contributed by atoms with Crippen molar-refractivity contribution in [2.45, 2.75) is 27.2 Å². The van der Waals surface area contributed by atoms with Crippen LogP contribution in [0.25, 0.3) is 0 Å². The molecule has 0 amide bonds. The molecule has 0 atom stereocenters. The lowest BCUT2D eigenvalue weighted by atomic mass is 9.93. The van der Waals surface area contributed by atoms with Gasteiger partial charge in [-0.3, -0.25) is 0 Å². The summed E-state index contributed by atoms with van der Waals surface area (Å²) in [6.07, 6.45) is 2.36. The zero-order chi connectivity index (χ0) is 12.2. The fraction of sp³-hybridized carbons (Fsp3) is 0.600. The molecule has 3 N–H and O–H groups in total. The molecule has 0 aromatic carbocycles. The fourth-order valence-electron chi connectivity index (χ4n) is 1.01. The van der Waals surface area contributed by atoms with E-state index in [1.807, 2.05) is 0 Å². The Balaban J connectivity index is 2.61. The Labute approximate surface area is 104 Å². The first-order valence-corrected chi connectivity index (χ1v) is 5.83. The number of nitrogens with one attached hydrogen (secondary N) is 1. The summed E-state index contributed by atoms with van der Waals surface area (Å²) in [5.41, 5.74) is 2.71. The largest absolute Gasteiger partial charge is 0.477 e. The number of rotatable bonds is 4. The van der Waals surface area contributed by atoms with Crippen molar-refractivity contribution in [1.82, 2.24) is 9.97 Å². The molecular formula is C10H17BrN4O. The summed E-state index contributed by atoms with van der Waals surface area (Å²) in [6, 6.07) is 0. The van der Waals surface area contributed by atoms with Crippen molar-refractivity contribution in [3.05, 3.63) is 10.8 Å². The van der Waals surface area contributed by atoms with Crippen LogP contribution < -0.4 is 16.0 Å². The number of hydrogen-bond donors (Lipinski definition) is 2. The summed E-state index contributed by atoms with van der Waals surface area (Å²) in [5, 5.41) is 0. The Morgan fingerprint density at radius 1 is 1.44 bits per heavy atom. The second kappa shape index (κ2) is 5.45. The minimum absolute atomic E-state index is 0.244. The topological polar surface area (TPSA) is 73.1 Å². The summed E-state index contributed by atoms with van der Waals surface area (Å²) in [5.74, 6) is 6.31. The summed E-state index contributed by atoms with van der Waals surface area (Å²) >= 11 is 3.33. The Morgan fingerprint density at radius 3 is 2.69 bits per heavy atom. The molecule has 0 bridgehead atoms. The van der Waals surface area contributed by atoms with Crippen LogP contribution in [0.2, 0.25) is 0 Å². The van der Waals surface area contributed by atoms with Crippen LogP contribution in [0.5, 0.6) is 5.88 Å². The van der Waals surface area contributed by atoms with Crippen molar-refractivity contribution in [3.63, 3.8) is 0 Å². The monoisotopic (exact) mass is 288 g/mol. The van der Waals surface area contributed by atoms with E-state index in [0.29, 0.717) is 22.8 Å². The number of halogens is 1. The zero-order valence-corrected chi connectivity index (χ0v) is 11.3. The van der Waals surface area contributed by atoms with Crippen LogP contribution in [-0.4, -0.2) is 16.6 Å². The lowest BCUT2D eigenvalue weighted by Gasteiger charge is -2.18. The predicted molar refractivity (Wildman–Crippen MR) is 67.1 cm³/mol. The summed E-state index contributed by atoms with van der Waals surface area (Å²) in [4.78, 5) is 7.97. The van der Waals surface area contributed by atoms with Gasteiger partial charge in [-0.1, -0.05) is 20.8 Å². The molecule has 1 heterocycles. The summed E-state index contributed by atoms with van der Waals surface area (Å²) in [6.45, 7) is 7.11. The predicted octanol–water partition coefficient (Wildman–Crippen LogP) is 2.34. The number of ether oxygens (including phenoxy) is 1. The van der Waals surface area contributed by atoms with Gasteiger partial charge in [0.25, 0.3) is 0 Å². The van der Waals surface area contributed by atoms with E-state index in [1.165, 1.54) is 6.33 Å². The molecule has 0 unspecified atom stereocenters. The Kier molecular flexibility index (Phi) is 4.49. The highest BCUT2D eigenvalue weighted by atomic mass is 79.9. The minimum Gasteiger partial charge on any atom is -0.477 e. The van der Waals surface area contributed by atoms with E-state index in [9.17, 15) is 0 Å². The number of nitrogens with two attached hydrogens (primary N) is 1. The van der Waals surface area contributed by atoms with E-state index in [-0.39, 0.29) is 5.41 Å². The lowest BCUT2D eigenvalue weighted by molar-refractivity contribution is 0.235. The third kappa shape index (κ3) is 3.94. The van der Waals surface area contributed by atoms with Gasteiger partial charge in [0.2, 0.25) is 5.88 Å². The highest BCUT2D eigenvalue weighted by Gasteiger charge is 2.12. The smallest absolute Gasteiger partial charge is 0.233 e. The van der Waals surface area contributed by atoms with Gasteiger partial charge in [0, 0.05) is 0 Å². The van der Waals surface area contributed by atoms with E-state index in [1.54, 1.807) is 0 Å². The quantitative estimate of drug-likeness (QED) is 0.657. The molecule has 0 aliphatic heterocycles. The molecule has 6 heteroatoms. The van der Waals surface area contributed by atoms with Crippen molar-refractivity contribution in [2.75, 3.05) is 12.0 Å². The maximum Gasteiger partial charge on any atom is 0.233 e. The Bertz CT molecular complexity index is 351. The molecule has 5 nitrogen and oxygen atoms in total. The van der Waals surface area contributed by atoms with Crippen LogP contribution in [0, 0.1) is 5.41 Å². The van der Waals surface area contributed by atoms with E-state index in [2.05, 4.69) is 52.1 Å². The number of aromatic nitrogens is 2. The summed E-state index contributed by atoms with van der Waals surface area (Å²) in [7, 11) is 0. The number of hydrazine groups is 1. The number of nitrogens with zero attached hydrogens (tertiary/aromatic N) is 2. The average molecular weight is 289 g/mol. The molecule has 1 aromatic heterocycles. The van der Waals surface area contributed by atoms with Crippen LogP contribution in [0.4, 0.5) is 5.82 Å². The van der Waals surface area contributed by atoms with Crippen LogP contribution in [-0.2, 0) is 0 Å². The van der Waals surface area contributed by atoms with Gasteiger partial charge in [0.1, 0.15) is 10.8 Å². The van der Waals surface area contributed by atoms with E-state index in [0.717, 1.165) is 6.42 Å². The second-order valence-electron chi connectivity index (χ2n) is 4.64. The molecule has 1 rings (SSSR count). The zero-order valence-electron chi connectivity index (χ0n) is 9.75. The first kappa shape index (κ1) is 13.2. The Hall–Kier alpha value is -0.880. The van der Waals surface area contributed by atoms with Gasteiger partial charge in [0.15, 0.2) is 5.82 Å². The van der Waals surface area contributed by atoms with Crippen molar-refractivity contribution < 1.29 is 4.74 Å². The fourth-order valence-corrected chi connectivity index (χ4v) is 1.44. The molecule has 1 aromatic rings. The van der Waals surface area contributed by atoms with E-state index < -0.39 is 0 Å². The number of nitrogen functional groups attached to an aromatic ring is 1. The second-order valence-corrected chi connectivity index (χ2v) is 5.44. The highest BCUT2D eigenvalue weighted by Crippen LogP contribution is 2.28. The van der Waals surface area contributed by atoms with Gasteiger partial charge in [-0.2, -0.15) is 0 Å². The molecule has 0 radical (unpaired) electrons. The molecule has 0 aliphatic carbocycles. The number of hydrogen-bond acceptors (Lipinski definition) is 5. The van der Waals surface area contributed by atoms with Gasteiger partial charge in [0.05, 0.1) is 6.61 Å². The molecule has 0 fully saturated rings. The van der Waals surface area contributed by atoms with E-state index in [4.69, 9.17) is 10.6 Å². The third-order valence-electron chi connectivity index (χ3n) is 1.99. The molecule has 90 valence electrons.